The monoisotopic (exact) mass is 339 g/mol. The molecule has 2 aliphatic rings. The van der Waals surface area contributed by atoms with Gasteiger partial charge in [0, 0.05) is 24.8 Å². The number of aryl methyl sites for hydroxylation is 1. The van der Waals surface area contributed by atoms with Gasteiger partial charge in [-0.3, -0.25) is 19.3 Å². The zero-order valence-corrected chi connectivity index (χ0v) is 14.3. The molecule has 0 atom stereocenters. The van der Waals surface area contributed by atoms with Crippen LogP contribution in [0.1, 0.15) is 35.1 Å². The second-order valence-corrected chi connectivity index (χ2v) is 6.40. The summed E-state index contributed by atoms with van der Waals surface area (Å²) in [6, 6.07) is 11.3. The minimum absolute atomic E-state index is 0.136. The van der Waals surface area contributed by atoms with E-state index >= 15 is 0 Å². The molecule has 6 nitrogen and oxygen atoms in total. The van der Waals surface area contributed by atoms with Gasteiger partial charge in [-0.25, -0.2) is 0 Å². The van der Waals surface area contributed by atoms with Crippen molar-refractivity contribution in [3.8, 4) is 5.75 Å². The summed E-state index contributed by atoms with van der Waals surface area (Å²) in [5.41, 5.74) is 2.00. The first-order valence-corrected chi connectivity index (χ1v) is 8.69. The highest BCUT2D eigenvalue weighted by atomic mass is 16.5. The normalized spacial score (nSPS) is 16.0. The molecule has 2 aromatic rings. The minimum atomic E-state index is -0.217. The van der Waals surface area contributed by atoms with E-state index in [9.17, 15) is 9.59 Å². The number of hydrogen-bond donors (Lipinski definition) is 0. The van der Waals surface area contributed by atoms with Crippen LogP contribution < -0.4 is 15.2 Å². The highest BCUT2D eigenvalue weighted by Crippen LogP contribution is 2.26. The highest BCUT2D eigenvalue weighted by molar-refractivity contribution is 5.96. The van der Waals surface area contributed by atoms with Crippen LogP contribution in [0.5, 0.6) is 5.75 Å². The molecule has 3 heterocycles. The number of carbonyl (C=O) groups excluding carboxylic acids is 1. The predicted molar refractivity (Wildman–Crippen MR) is 94.5 cm³/mol. The van der Waals surface area contributed by atoms with E-state index in [1.807, 2.05) is 41.9 Å². The first kappa shape index (κ1) is 15.7. The molecule has 0 saturated heterocycles. The molecule has 1 aromatic carbocycles. The molecule has 0 saturated carbocycles. The largest absolute Gasteiger partial charge is 0.482 e. The second-order valence-electron chi connectivity index (χ2n) is 6.40. The lowest BCUT2D eigenvalue weighted by Crippen LogP contribution is -2.56. The van der Waals surface area contributed by atoms with Gasteiger partial charge in [-0.15, -0.1) is 0 Å². The number of pyridine rings is 1. The lowest BCUT2D eigenvalue weighted by Gasteiger charge is -2.43. The van der Waals surface area contributed by atoms with Gasteiger partial charge in [-0.1, -0.05) is 30.3 Å². The smallest absolute Gasteiger partial charge is 0.277 e. The zero-order chi connectivity index (χ0) is 17.4. The fourth-order valence-electron chi connectivity index (χ4n) is 3.52. The molecule has 0 spiro atoms. The first-order valence-electron chi connectivity index (χ1n) is 8.69. The van der Waals surface area contributed by atoms with Crippen molar-refractivity contribution in [2.45, 2.75) is 26.4 Å². The molecule has 0 bridgehead atoms. The maximum atomic E-state index is 12.9. The zero-order valence-electron chi connectivity index (χ0n) is 14.3. The number of carbonyl (C=O) groups is 1. The Labute approximate surface area is 146 Å². The van der Waals surface area contributed by atoms with E-state index in [1.165, 1.54) is 0 Å². The van der Waals surface area contributed by atoms with Crippen molar-refractivity contribution >= 4 is 5.91 Å². The van der Waals surface area contributed by atoms with Crippen LogP contribution in [0.25, 0.3) is 0 Å². The summed E-state index contributed by atoms with van der Waals surface area (Å²) < 4.78 is 7.75. The number of benzene rings is 1. The van der Waals surface area contributed by atoms with Crippen LogP contribution in [0.3, 0.4) is 0 Å². The van der Waals surface area contributed by atoms with E-state index in [1.54, 1.807) is 11.0 Å². The fourth-order valence-corrected chi connectivity index (χ4v) is 3.52. The van der Waals surface area contributed by atoms with Crippen molar-refractivity contribution in [1.82, 2.24) is 9.58 Å². The molecular formula is C19H21N3O3. The predicted octanol–water partition coefficient (Wildman–Crippen LogP) is 1.74. The summed E-state index contributed by atoms with van der Waals surface area (Å²) in [7, 11) is 0. The number of ether oxygens (including phenoxy) is 1. The summed E-state index contributed by atoms with van der Waals surface area (Å²) in [6.45, 7) is 4.23. The quantitative estimate of drug-likeness (QED) is 0.851. The summed E-state index contributed by atoms with van der Waals surface area (Å²) in [5.74, 6) is 0.0188. The Morgan fingerprint density at radius 1 is 1.16 bits per heavy atom. The number of hydrogen-bond acceptors (Lipinski definition) is 4. The van der Waals surface area contributed by atoms with Crippen LogP contribution in [0.15, 0.2) is 41.2 Å². The van der Waals surface area contributed by atoms with Gasteiger partial charge in [0.05, 0.1) is 0 Å². The van der Waals surface area contributed by atoms with Crippen LogP contribution in [-0.2, 0) is 13.0 Å². The van der Waals surface area contributed by atoms with Gasteiger partial charge >= 0.3 is 0 Å². The third kappa shape index (κ3) is 2.67. The van der Waals surface area contributed by atoms with Crippen LogP contribution in [-0.4, -0.2) is 35.2 Å². The van der Waals surface area contributed by atoms with Crippen LogP contribution in [0, 0.1) is 0 Å². The Bertz CT molecular complexity index is 860. The Balaban J connectivity index is 1.78. The Morgan fingerprint density at radius 2 is 1.96 bits per heavy atom. The topological polar surface area (TPSA) is 54.8 Å². The lowest BCUT2D eigenvalue weighted by molar-refractivity contribution is 0.0687. The molecule has 0 radical (unpaired) electrons. The molecule has 25 heavy (non-hydrogen) atoms. The Kier molecular flexibility index (Phi) is 3.95. The van der Waals surface area contributed by atoms with Gasteiger partial charge in [-0.2, -0.15) is 0 Å². The van der Waals surface area contributed by atoms with Gasteiger partial charge < -0.3 is 9.64 Å². The molecule has 0 unspecified atom stereocenters. The summed E-state index contributed by atoms with van der Waals surface area (Å²) in [4.78, 5) is 27.3. The Hall–Kier alpha value is -2.76. The van der Waals surface area contributed by atoms with E-state index in [0.29, 0.717) is 18.9 Å². The van der Waals surface area contributed by atoms with Gasteiger partial charge in [0.1, 0.15) is 13.3 Å². The number of aromatic nitrogens is 1. The van der Waals surface area contributed by atoms with E-state index in [2.05, 4.69) is 5.01 Å². The summed E-state index contributed by atoms with van der Waals surface area (Å²) in [5, 5.41) is 2.12. The van der Waals surface area contributed by atoms with E-state index < -0.39 is 0 Å². The van der Waals surface area contributed by atoms with Crippen LogP contribution in [0.4, 0.5) is 0 Å². The molecule has 1 aromatic heterocycles. The second kappa shape index (κ2) is 6.27. The van der Waals surface area contributed by atoms with Gasteiger partial charge in [-0.05, 0) is 25.3 Å². The van der Waals surface area contributed by atoms with E-state index in [4.69, 9.17) is 4.74 Å². The standard InChI is InChI=1S/C19H21N3O3/c1-2-20-13-21-10-6-9-15-11-16(23)18(17(19(20)24)22(15)21)25-12-14-7-4-3-5-8-14/h3-5,7-8,11H,2,6,9-10,12-13H2,1H3. The van der Waals surface area contributed by atoms with Crippen molar-refractivity contribution in [2.75, 3.05) is 24.8 Å². The van der Waals surface area contributed by atoms with Crippen molar-refractivity contribution in [2.24, 2.45) is 0 Å². The van der Waals surface area contributed by atoms with Crippen molar-refractivity contribution in [3.63, 3.8) is 0 Å². The summed E-state index contributed by atoms with van der Waals surface area (Å²) >= 11 is 0. The number of amides is 1. The van der Waals surface area contributed by atoms with Crippen molar-refractivity contribution in [1.29, 1.82) is 0 Å². The third-order valence-electron chi connectivity index (χ3n) is 4.78. The molecule has 0 N–H and O–H groups in total. The first-order chi connectivity index (χ1) is 12.2. The van der Waals surface area contributed by atoms with Crippen molar-refractivity contribution < 1.29 is 9.53 Å². The fraction of sp³-hybridized carbons (Fsp3) is 0.368. The summed E-state index contributed by atoms with van der Waals surface area (Å²) in [6.07, 6.45) is 1.78. The minimum Gasteiger partial charge on any atom is -0.482 e. The van der Waals surface area contributed by atoms with Gasteiger partial charge in [0.15, 0.2) is 11.4 Å². The molecule has 130 valence electrons. The highest BCUT2D eigenvalue weighted by Gasteiger charge is 2.35. The van der Waals surface area contributed by atoms with Crippen LogP contribution >= 0.6 is 0 Å². The number of rotatable bonds is 4. The van der Waals surface area contributed by atoms with E-state index in [-0.39, 0.29) is 23.7 Å². The molecule has 0 fully saturated rings. The van der Waals surface area contributed by atoms with Crippen LogP contribution in [0.2, 0.25) is 0 Å². The maximum absolute atomic E-state index is 12.9. The Morgan fingerprint density at radius 3 is 2.72 bits per heavy atom. The van der Waals surface area contributed by atoms with Crippen molar-refractivity contribution in [3.05, 3.63) is 63.6 Å². The third-order valence-corrected chi connectivity index (χ3v) is 4.78. The average molecular weight is 339 g/mol. The molecule has 0 aliphatic carbocycles. The van der Waals surface area contributed by atoms with E-state index in [0.717, 1.165) is 30.6 Å². The molecule has 6 heteroatoms. The molecule has 2 aliphatic heterocycles. The van der Waals surface area contributed by atoms with Gasteiger partial charge in [0.25, 0.3) is 5.91 Å². The molecular weight excluding hydrogens is 318 g/mol. The SMILES string of the molecule is CCN1CN2CCCc3cc(=O)c(OCc4ccccc4)c(n32)C1=O. The van der Waals surface area contributed by atoms with Gasteiger partial charge in [0.2, 0.25) is 5.43 Å². The lowest BCUT2D eigenvalue weighted by atomic mass is 10.1. The molecule has 4 rings (SSSR count). The maximum Gasteiger partial charge on any atom is 0.277 e. The average Bonchev–Trinajstić information content (AvgIpc) is 2.64. The number of nitrogens with zero attached hydrogens (tertiary/aromatic N) is 3. The molecule has 1 amide bonds.